The number of nitrogens with one attached hydrogen (secondary N) is 1. The fraction of sp³-hybridized carbons (Fsp3) is 0.0667. The summed E-state index contributed by atoms with van der Waals surface area (Å²) in [5, 5.41) is 2.84. The summed E-state index contributed by atoms with van der Waals surface area (Å²) in [7, 11) is 0. The zero-order valence-corrected chi connectivity index (χ0v) is 13.2. The molecule has 2 aromatic rings. The number of benzene rings is 2. The van der Waals surface area contributed by atoms with Gasteiger partial charge in [-0.15, -0.1) is 0 Å². The lowest BCUT2D eigenvalue weighted by molar-refractivity contribution is 0.102. The Labute approximate surface area is 131 Å². The molecule has 3 N–H and O–H groups in total. The number of halogens is 1. The maximum absolute atomic E-state index is 12.2. The summed E-state index contributed by atoms with van der Waals surface area (Å²) < 4.78 is 0.844. The van der Waals surface area contributed by atoms with Crippen LogP contribution in [0.3, 0.4) is 0 Å². The molecule has 2 rings (SSSR count). The third-order valence-electron chi connectivity index (χ3n) is 2.78. The standard InChI is InChI=1S/C15H13BrN2OS/c1-9-3-2-4-10(7-9)15(19)18-13-8-11(16)5-6-12(13)14(17)20/h2-8H,1H3,(H2,17,20)(H,18,19). The van der Waals surface area contributed by atoms with E-state index in [0.29, 0.717) is 16.8 Å². The first kappa shape index (κ1) is 14.7. The predicted octanol–water partition coefficient (Wildman–Crippen LogP) is 3.64. The van der Waals surface area contributed by atoms with Crippen molar-refractivity contribution in [2.75, 3.05) is 5.32 Å². The Morgan fingerprint density at radius 1 is 1.25 bits per heavy atom. The Kier molecular flexibility index (Phi) is 4.52. The maximum atomic E-state index is 12.2. The van der Waals surface area contributed by atoms with Crippen molar-refractivity contribution in [3.05, 3.63) is 63.6 Å². The molecule has 0 saturated carbocycles. The molecule has 0 aliphatic rings. The zero-order chi connectivity index (χ0) is 14.7. The van der Waals surface area contributed by atoms with Crippen LogP contribution >= 0.6 is 28.1 Å². The normalized spacial score (nSPS) is 10.1. The first-order valence-electron chi connectivity index (χ1n) is 5.95. The summed E-state index contributed by atoms with van der Waals surface area (Å²) in [6, 6.07) is 12.8. The fourth-order valence-corrected chi connectivity index (χ4v) is 2.35. The summed E-state index contributed by atoms with van der Waals surface area (Å²) in [4.78, 5) is 12.5. The van der Waals surface area contributed by atoms with Crippen LogP contribution in [0, 0.1) is 6.92 Å². The third kappa shape index (κ3) is 3.43. The molecule has 102 valence electrons. The highest BCUT2D eigenvalue weighted by molar-refractivity contribution is 9.10. The second-order valence-electron chi connectivity index (χ2n) is 4.38. The van der Waals surface area contributed by atoms with Gasteiger partial charge in [0.25, 0.3) is 5.91 Å². The van der Waals surface area contributed by atoms with Gasteiger partial charge in [0.05, 0.1) is 5.69 Å². The largest absolute Gasteiger partial charge is 0.389 e. The highest BCUT2D eigenvalue weighted by Gasteiger charge is 2.11. The van der Waals surface area contributed by atoms with E-state index in [-0.39, 0.29) is 10.9 Å². The van der Waals surface area contributed by atoms with Crippen LogP contribution in [-0.4, -0.2) is 10.9 Å². The SMILES string of the molecule is Cc1cccc(C(=O)Nc2cc(Br)ccc2C(N)=S)c1. The molecule has 0 spiro atoms. The Morgan fingerprint density at radius 3 is 2.65 bits per heavy atom. The molecular weight excluding hydrogens is 336 g/mol. The van der Waals surface area contributed by atoms with Crippen molar-refractivity contribution in [1.29, 1.82) is 0 Å². The van der Waals surface area contributed by atoms with Gasteiger partial charge in [0.15, 0.2) is 0 Å². The Hall–Kier alpha value is -1.72. The predicted molar refractivity (Wildman–Crippen MR) is 89.2 cm³/mol. The van der Waals surface area contributed by atoms with Crippen molar-refractivity contribution in [3.8, 4) is 0 Å². The lowest BCUT2D eigenvalue weighted by Crippen LogP contribution is -2.17. The molecule has 3 nitrogen and oxygen atoms in total. The molecule has 1 amide bonds. The summed E-state index contributed by atoms with van der Waals surface area (Å²) in [5.74, 6) is -0.190. The van der Waals surface area contributed by atoms with Gasteiger partial charge in [-0.2, -0.15) is 0 Å². The van der Waals surface area contributed by atoms with Crippen LogP contribution in [0.5, 0.6) is 0 Å². The molecule has 5 heteroatoms. The van der Waals surface area contributed by atoms with Gasteiger partial charge in [0.1, 0.15) is 4.99 Å². The van der Waals surface area contributed by atoms with E-state index in [4.69, 9.17) is 18.0 Å². The quantitative estimate of drug-likeness (QED) is 0.832. The molecule has 0 aliphatic carbocycles. The van der Waals surface area contributed by atoms with E-state index >= 15 is 0 Å². The Morgan fingerprint density at radius 2 is 2.00 bits per heavy atom. The lowest BCUT2D eigenvalue weighted by atomic mass is 10.1. The number of anilines is 1. The van der Waals surface area contributed by atoms with Crippen molar-refractivity contribution in [3.63, 3.8) is 0 Å². The first-order valence-corrected chi connectivity index (χ1v) is 7.15. The van der Waals surface area contributed by atoms with Crippen LogP contribution in [0.15, 0.2) is 46.9 Å². The van der Waals surface area contributed by atoms with Gasteiger partial charge in [0, 0.05) is 15.6 Å². The molecule has 0 bridgehead atoms. The molecule has 0 aliphatic heterocycles. The fourth-order valence-electron chi connectivity index (χ4n) is 1.82. The van der Waals surface area contributed by atoms with E-state index in [0.717, 1.165) is 10.0 Å². The highest BCUT2D eigenvalue weighted by Crippen LogP contribution is 2.22. The number of nitrogens with two attached hydrogens (primary N) is 1. The van der Waals surface area contributed by atoms with Crippen molar-refractivity contribution in [2.24, 2.45) is 5.73 Å². The minimum atomic E-state index is -0.190. The molecule has 2 aromatic carbocycles. The van der Waals surface area contributed by atoms with E-state index in [2.05, 4.69) is 21.2 Å². The van der Waals surface area contributed by atoms with Gasteiger partial charge < -0.3 is 11.1 Å². The van der Waals surface area contributed by atoms with Crippen LogP contribution in [-0.2, 0) is 0 Å². The molecule has 0 atom stereocenters. The van der Waals surface area contributed by atoms with E-state index in [1.54, 1.807) is 18.2 Å². The maximum Gasteiger partial charge on any atom is 0.255 e. The number of carbonyl (C=O) groups excluding carboxylic acids is 1. The average molecular weight is 349 g/mol. The summed E-state index contributed by atoms with van der Waals surface area (Å²) in [6.45, 7) is 1.94. The molecule has 0 saturated heterocycles. The molecular formula is C15H13BrN2OS. The number of rotatable bonds is 3. The molecule has 0 heterocycles. The minimum absolute atomic E-state index is 0.190. The number of thiocarbonyl (C=S) groups is 1. The van der Waals surface area contributed by atoms with Crippen LogP contribution in [0.4, 0.5) is 5.69 Å². The van der Waals surface area contributed by atoms with Crippen LogP contribution in [0.1, 0.15) is 21.5 Å². The van der Waals surface area contributed by atoms with E-state index in [9.17, 15) is 4.79 Å². The molecule has 0 fully saturated rings. The van der Waals surface area contributed by atoms with Crippen LogP contribution in [0.25, 0.3) is 0 Å². The molecule has 0 aromatic heterocycles. The molecule has 0 radical (unpaired) electrons. The number of carbonyl (C=O) groups is 1. The van der Waals surface area contributed by atoms with Gasteiger partial charge in [-0.25, -0.2) is 0 Å². The van der Waals surface area contributed by atoms with Gasteiger partial charge in [0.2, 0.25) is 0 Å². The summed E-state index contributed by atoms with van der Waals surface area (Å²) in [5.41, 5.74) is 8.53. The average Bonchev–Trinajstić information content (AvgIpc) is 2.38. The second-order valence-corrected chi connectivity index (χ2v) is 5.73. The van der Waals surface area contributed by atoms with E-state index in [1.807, 2.05) is 31.2 Å². The summed E-state index contributed by atoms with van der Waals surface area (Å²) >= 11 is 8.36. The molecule has 20 heavy (non-hydrogen) atoms. The lowest BCUT2D eigenvalue weighted by Gasteiger charge is -2.11. The van der Waals surface area contributed by atoms with Gasteiger partial charge in [-0.05, 0) is 37.3 Å². The minimum Gasteiger partial charge on any atom is -0.389 e. The van der Waals surface area contributed by atoms with Gasteiger partial charge >= 0.3 is 0 Å². The van der Waals surface area contributed by atoms with Crippen molar-refractivity contribution < 1.29 is 4.79 Å². The van der Waals surface area contributed by atoms with Crippen molar-refractivity contribution in [1.82, 2.24) is 0 Å². The first-order chi connectivity index (χ1) is 9.47. The van der Waals surface area contributed by atoms with E-state index < -0.39 is 0 Å². The topological polar surface area (TPSA) is 55.1 Å². The van der Waals surface area contributed by atoms with Crippen molar-refractivity contribution >= 4 is 44.7 Å². The Bertz CT molecular complexity index is 685. The molecule has 0 unspecified atom stereocenters. The van der Waals surface area contributed by atoms with Gasteiger partial charge in [-0.3, -0.25) is 4.79 Å². The number of hydrogen-bond donors (Lipinski definition) is 2. The second kappa shape index (κ2) is 6.15. The monoisotopic (exact) mass is 348 g/mol. The summed E-state index contributed by atoms with van der Waals surface area (Å²) in [6.07, 6.45) is 0. The van der Waals surface area contributed by atoms with Crippen molar-refractivity contribution in [2.45, 2.75) is 6.92 Å². The number of aryl methyl sites for hydroxylation is 1. The number of amides is 1. The van der Waals surface area contributed by atoms with E-state index in [1.165, 1.54) is 0 Å². The smallest absolute Gasteiger partial charge is 0.255 e. The highest BCUT2D eigenvalue weighted by atomic mass is 79.9. The number of hydrogen-bond acceptors (Lipinski definition) is 2. The van der Waals surface area contributed by atoms with Crippen LogP contribution in [0.2, 0.25) is 0 Å². The third-order valence-corrected chi connectivity index (χ3v) is 3.49. The zero-order valence-electron chi connectivity index (χ0n) is 10.8. The van der Waals surface area contributed by atoms with Crippen LogP contribution < -0.4 is 11.1 Å². The van der Waals surface area contributed by atoms with Gasteiger partial charge in [-0.1, -0.05) is 45.8 Å². The Balaban J connectivity index is 2.32.